The summed E-state index contributed by atoms with van der Waals surface area (Å²) in [5.41, 5.74) is 8.93. The van der Waals surface area contributed by atoms with Gasteiger partial charge >= 0.3 is 6.61 Å². The Labute approximate surface area is 110 Å². The average molecular weight is 263 g/mol. The van der Waals surface area contributed by atoms with Crippen LogP contribution in [0.2, 0.25) is 0 Å². The van der Waals surface area contributed by atoms with Crippen LogP contribution >= 0.6 is 0 Å². The lowest BCUT2D eigenvalue weighted by Crippen LogP contribution is -2.12. The van der Waals surface area contributed by atoms with E-state index in [9.17, 15) is 8.78 Å². The first kappa shape index (κ1) is 13.5. The zero-order valence-corrected chi connectivity index (χ0v) is 10.5. The number of hydrogen-bond acceptors (Lipinski definition) is 2. The molecule has 1 unspecified atom stereocenters. The molecule has 2 aromatic rings. The molecule has 2 rings (SSSR count). The molecule has 0 aliphatic heterocycles. The van der Waals surface area contributed by atoms with E-state index in [1.807, 2.05) is 31.2 Å². The second kappa shape index (κ2) is 5.80. The summed E-state index contributed by atoms with van der Waals surface area (Å²) in [6.45, 7) is -0.850. The molecule has 0 aliphatic rings. The zero-order valence-electron chi connectivity index (χ0n) is 10.5. The molecular weight excluding hydrogens is 248 g/mol. The molecule has 2 aromatic carbocycles. The van der Waals surface area contributed by atoms with Crippen molar-refractivity contribution in [2.75, 3.05) is 0 Å². The fourth-order valence-corrected chi connectivity index (χ4v) is 1.94. The van der Waals surface area contributed by atoms with Crippen LogP contribution in [0.4, 0.5) is 8.78 Å². The minimum atomic E-state index is -2.83. The molecule has 0 saturated heterocycles. The summed E-state index contributed by atoms with van der Waals surface area (Å²) in [5, 5.41) is 0. The van der Waals surface area contributed by atoms with Gasteiger partial charge in [-0.05, 0) is 30.2 Å². The highest BCUT2D eigenvalue weighted by Gasteiger charge is 2.11. The van der Waals surface area contributed by atoms with Gasteiger partial charge in [0.1, 0.15) is 5.75 Å². The van der Waals surface area contributed by atoms with Gasteiger partial charge < -0.3 is 10.5 Å². The third-order valence-electron chi connectivity index (χ3n) is 2.84. The predicted octanol–water partition coefficient (Wildman–Crippen LogP) is 3.64. The number of rotatable bonds is 4. The van der Waals surface area contributed by atoms with Crippen LogP contribution in [0.25, 0.3) is 0 Å². The van der Waals surface area contributed by atoms with Crippen molar-refractivity contribution in [3.05, 3.63) is 65.2 Å². The van der Waals surface area contributed by atoms with E-state index in [4.69, 9.17) is 5.73 Å². The topological polar surface area (TPSA) is 35.2 Å². The maximum absolute atomic E-state index is 12.2. The number of halogens is 2. The van der Waals surface area contributed by atoms with Crippen molar-refractivity contribution in [3.63, 3.8) is 0 Å². The van der Waals surface area contributed by atoms with E-state index in [2.05, 4.69) is 4.74 Å². The molecule has 0 spiro atoms. The van der Waals surface area contributed by atoms with Gasteiger partial charge in [-0.2, -0.15) is 8.78 Å². The molecule has 0 aromatic heterocycles. The number of alkyl halides is 2. The van der Waals surface area contributed by atoms with E-state index in [1.165, 1.54) is 6.07 Å². The molecule has 0 fully saturated rings. The zero-order chi connectivity index (χ0) is 13.8. The Hall–Kier alpha value is -1.94. The highest BCUT2D eigenvalue weighted by Crippen LogP contribution is 2.24. The molecule has 4 heteroatoms. The second-order valence-corrected chi connectivity index (χ2v) is 4.34. The van der Waals surface area contributed by atoms with Crippen LogP contribution < -0.4 is 10.5 Å². The average Bonchev–Trinajstić information content (AvgIpc) is 2.37. The highest BCUT2D eigenvalue weighted by atomic mass is 19.3. The standard InChI is InChI=1S/C15H15F2NO/c1-10-4-2-5-11(8-10)14(18)12-6-3-7-13(9-12)19-15(16)17/h2-9,14-15H,18H2,1H3. The molecule has 2 N–H and O–H groups in total. The number of nitrogens with two attached hydrogens (primary N) is 1. The number of hydrogen-bond donors (Lipinski definition) is 1. The second-order valence-electron chi connectivity index (χ2n) is 4.34. The molecule has 0 heterocycles. The first-order valence-corrected chi connectivity index (χ1v) is 5.93. The molecule has 0 bridgehead atoms. The maximum Gasteiger partial charge on any atom is 0.387 e. The SMILES string of the molecule is Cc1cccc(C(N)c2cccc(OC(F)F)c2)c1. The van der Waals surface area contributed by atoms with Gasteiger partial charge in [0.15, 0.2) is 0 Å². The molecular formula is C15H15F2NO. The van der Waals surface area contributed by atoms with Gasteiger partial charge in [-0.15, -0.1) is 0 Å². The van der Waals surface area contributed by atoms with Gasteiger partial charge in [-0.3, -0.25) is 0 Å². The molecule has 0 aliphatic carbocycles. The van der Waals surface area contributed by atoms with Crippen molar-refractivity contribution < 1.29 is 13.5 Å². The largest absolute Gasteiger partial charge is 0.435 e. The van der Waals surface area contributed by atoms with E-state index in [1.54, 1.807) is 18.2 Å². The van der Waals surface area contributed by atoms with Crippen molar-refractivity contribution in [1.29, 1.82) is 0 Å². The lowest BCUT2D eigenvalue weighted by atomic mass is 9.98. The molecule has 19 heavy (non-hydrogen) atoms. The molecule has 100 valence electrons. The summed E-state index contributed by atoms with van der Waals surface area (Å²) in [4.78, 5) is 0. The Balaban J connectivity index is 2.26. The number of ether oxygens (including phenoxy) is 1. The van der Waals surface area contributed by atoms with Gasteiger partial charge in [0.25, 0.3) is 0 Å². The number of aryl methyl sites for hydroxylation is 1. The van der Waals surface area contributed by atoms with E-state index < -0.39 is 6.61 Å². The predicted molar refractivity (Wildman–Crippen MR) is 70.3 cm³/mol. The van der Waals surface area contributed by atoms with E-state index in [0.717, 1.165) is 16.7 Å². The Bertz CT molecular complexity index is 557. The minimum absolute atomic E-state index is 0.121. The lowest BCUT2D eigenvalue weighted by Gasteiger charge is -2.14. The Morgan fingerprint density at radius 3 is 2.26 bits per heavy atom. The van der Waals surface area contributed by atoms with Gasteiger partial charge in [0.2, 0.25) is 0 Å². The highest BCUT2D eigenvalue weighted by molar-refractivity contribution is 5.37. The van der Waals surface area contributed by atoms with Crippen LogP contribution in [-0.4, -0.2) is 6.61 Å². The lowest BCUT2D eigenvalue weighted by molar-refractivity contribution is -0.0498. The quantitative estimate of drug-likeness (QED) is 0.914. The van der Waals surface area contributed by atoms with Crippen molar-refractivity contribution in [3.8, 4) is 5.75 Å². The van der Waals surface area contributed by atoms with E-state index >= 15 is 0 Å². The third kappa shape index (κ3) is 3.51. The molecule has 0 saturated carbocycles. The fourth-order valence-electron chi connectivity index (χ4n) is 1.94. The summed E-state index contributed by atoms with van der Waals surface area (Å²) >= 11 is 0. The smallest absolute Gasteiger partial charge is 0.387 e. The summed E-state index contributed by atoms with van der Waals surface area (Å²) in [6, 6.07) is 13.9. The molecule has 1 atom stereocenters. The monoisotopic (exact) mass is 263 g/mol. The molecule has 2 nitrogen and oxygen atoms in total. The molecule has 0 amide bonds. The Morgan fingerprint density at radius 1 is 1.00 bits per heavy atom. The summed E-state index contributed by atoms with van der Waals surface area (Å²) in [6.07, 6.45) is 0. The van der Waals surface area contributed by atoms with E-state index in [0.29, 0.717) is 0 Å². The summed E-state index contributed by atoms with van der Waals surface area (Å²) < 4.78 is 28.7. The van der Waals surface area contributed by atoms with Crippen molar-refractivity contribution >= 4 is 0 Å². The van der Waals surface area contributed by atoms with Crippen LogP contribution in [0.3, 0.4) is 0 Å². The van der Waals surface area contributed by atoms with Crippen LogP contribution in [0, 0.1) is 6.92 Å². The maximum atomic E-state index is 12.2. The fraction of sp³-hybridized carbons (Fsp3) is 0.200. The first-order chi connectivity index (χ1) is 9.06. The summed E-state index contributed by atoms with van der Waals surface area (Å²) in [7, 11) is 0. The summed E-state index contributed by atoms with van der Waals surface area (Å²) in [5.74, 6) is 0.121. The van der Waals surface area contributed by atoms with Crippen LogP contribution in [-0.2, 0) is 0 Å². The normalized spacial score (nSPS) is 12.5. The van der Waals surface area contributed by atoms with Gasteiger partial charge in [-0.25, -0.2) is 0 Å². The van der Waals surface area contributed by atoms with Crippen molar-refractivity contribution in [2.24, 2.45) is 5.73 Å². The first-order valence-electron chi connectivity index (χ1n) is 5.93. The van der Waals surface area contributed by atoms with Gasteiger partial charge in [0.05, 0.1) is 6.04 Å². The van der Waals surface area contributed by atoms with Crippen LogP contribution in [0.15, 0.2) is 48.5 Å². The van der Waals surface area contributed by atoms with Crippen LogP contribution in [0.5, 0.6) is 5.75 Å². The Kier molecular flexibility index (Phi) is 4.12. The third-order valence-corrected chi connectivity index (χ3v) is 2.84. The van der Waals surface area contributed by atoms with E-state index in [-0.39, 0.29) is 11.8 Å². The van der Waals surface area contributed by atoms with Crippen molar-refractivity contribution in [1.82, 2.24) is 0 Å². The van der Waals surface area contributed by atoms with Gasteiger partial charge in [-0.1, -0.05) is 42.0 Å². The van der Waals surface area contributed by atoms with Crippen LogP contribution in [0.1, 0.15) is 22.7 Å². The minimum Gasteiger partial charge on any atom is -0.435 e. The number of benzene rings is 2. The molecule has 0 radical (unpaired) electrons. The van der Waals surface area contributed by atoms with Gasteiger partial charge in [0, 0.05) is 0 Å². The Morgan fingerprint density at radius 2 is 1.63 bits per heavy atom. The van der Waals surface area contributed by atoms with Crippen molar-refractivity contribution in [2.45, 2.75) is 19.6 Å².